The molecule has 0 radical (unpaired) electrons. The number of aromatic amines is 1. The Kier molecular flexibility index (Phi) is 3.53. The molecule has 0 amide bonds. The van der Waals surface area contributed by atoms with Gasteiger partial charge in [-0.3, -0.25) is 4.57 Å². The third-order valence-electron chi connectivity index (χ3n) is 2.51. The summed E-state index contributed by atoms with van der Waals surface area (Å²) in [6.45, 7) is 1.71. The largest absolute Gasteiger partial charge is 0.343 e. The zero-order chi connectivity index (χ0) is 13.3. The van der Waals surface area contributed by atoms with Crippen molar-refractivity contribution in [2.45, 2.75) is 23.0 Å². The fourth-order valence-corrected chi connectivity index (χ4v) is 2.62. The van der Waals surface area contributed by atoms with Gasteiger partial charge in [0.25, 0.3) is 0 Å². The van der Waals surface area contributed by atoms with Crippen LogP contribution >= 0.6 is 11.8 Å². The van der Waals surface area contributed by atoms with Gasteiger partial charge in [-0.2, -0.15) is 0 Å². The predicted molar refractivity (Wildman–Crippen MR) is 67.0 cm³/mol. The van der Waals surface area contributed by atoms with Gasteiger partial charge in [-0.1, -0.05) is 6.07 Å². The first-order valence-corrected chi connectivity index (χ1v) is 6.15. The van der Waals surface area contributed by atoms with Gasteiger partial charge in [0.1, 0.15) is 5.82 Å². The lowest BCUT2D eigenvalue weighted by Crippen LogP contribution is -2.13. The second-order valence-corrected chi connectivity index (χ2v) is 4.92. The summed E-state index contributed by atoms with van der Waals surface area (Å²) >= 11 is 1.20. The monoisotopic (exact) mass is 268 g/mol. The molecule has 1 heterocycles. The molecule has 18 heavy (non-hydrogen) atoms. The summed E-state index contributed by atoms with van der Waals surface area (Å²) in [6.07, 6.45) is 0. The van der Waals surface area contributed by atoms with E-state index in [0.29, 0.717) is 15.6 Å². The van der Waals surface area contributed by atoms with Crippen molar-refractivity contribution in [1.82, 2.24) is 14.8 Å². The zero-order valence-corrected chi connectivity index (χ0v) is 10.8. The van der Waals surface area contributed by atoms with E-state index in [1.54, 1.807) is 26.1 Å². The van der Waals surface area contributed by atoms with Crippen LogP contribution in [0.25, 0.3) is 0 Å². The van der Waals surface area contributed by atoms with Crippen LogP contribution in [-0.2, 0) is 7.05 Å². The van der Waals surface area contributed by atoms with Crippen LogP contribution in [0.3, 0.4) is 0 Å². The van der Waals surface area contributed by atoms with Crippen LogP contribution in [0, 0.1) is 5.82 Å². The molecule has 96 valence electrons. The molecule has 1 aromatic heterocycles. The van der Waals surface area contributed by atoms with Gasteiger partial charge in [-0.25, -0.2) is 14.3 Å². The molecule has 5 nitrogen and oxygen atoms in total. The number of nitrogens with two attached hydrogens (primary N) is 1. The number of aromatic nitrogens is 3. The number of benzene rings is 1. The fraction of sp³-hybridized carbons (Fsp3) is 0.273. The molecule has 0 unspecified atom stereocenters. The van der Waals surface area contributed by atoms with E-state index in [2.05, 4.69) is 10.2 Å². The van der Waals surface area contributed by atoms with Crippen molar-refractivity contribution in [3.8, 4) is 0 Å². The van der Waals surface area contributed by atoms with Crippen LogP contribution in [0.4, 0.5) is 4.39 Å². The van der Waals surface area contributed by atoms with Gasteiger partial charge in [-0.05, 0) is 30.8 Å². The minimum Gasteiger partial charge on any atom is -0.324 e. The highest BCUT2D eigenvalue weighted by molar-refractivity contribution is 7.99. The molecule has 3 N–H and O–H groups in total. The van der Waals surface area contributed by atoms with E-state index < -0.39 is 6.04 Å². The van der Waals surface area contributed by atoms with E-state index in [1.807, 2.05) is 0 Å². The number of rotatable bonds is 3. The molecule has 0 saturated heterocycles. The maximum atomic E-state index is 13.7. The SMILES string of the molecule is C[C@@H](N)c1c(F)cccc1Sc1n[nH]c(=O)n1C. The van der Waals surface area contributed by atoms with Crippen LogP contribution in [-0.4, -0.2) is 14.8 Å². The molecular weight excluding hydrogens is 255 g/mol. The van der Waals surface area contributed by atoms with Crippen molar-refractivity contribution in [2.75, 3.05) is 0 Å². The first-order chi connectivity index (χ1) is 8.50. The molecule has 2 aromatic rings. The Balaban J connectivity index is 2.43. The van der Waals surface area contributed by atoms with E-state index >= 15 is 0 Å². The van der Waals surface area contributed by atoms with Gasteiger partial charge in [0.2, 0.25) is 0 Å². The van der Waals surface area contributed by atoms with Crippen LogP contribution in [0.5, 0.6) is 0 Å². The Labute approximate surface area is 107 Å². The molecule has 0 aliphatic rings. The summed E-state index contributed by atoms with van der Waals surface area (Å²) < 4.78 is 15.1. The van der Waals surface area contributed by atoms with E-state index in [-0.39, 0.29) is 11.5 Å². The Hall–Kier alpha value is -1.60. The number of hydrogen-bond donors (Lipinski definition) is 2. The Morgan fingerprint density at radius 2 is 2.28 bits per heavy atom. The van der Waals surface area contributed by atoms with Crippen LogP contribution in [0.1, 0.15) is 18.5 Å². The van der Waals surface area contributed by atoms with E-state index in [4.69, 9.17) is 5.73 Å². The molecule has 0 fully saturated rings. The quantitative estimate of drug-likeness (QED) is 0.882. The highest BCUT2D eigenvalue weighted by atomic mass is 32.2. The van der Waals surface area contributed by atoms with E-state index in [0.717, 1.165) is 0 Å². The third-order valence-corrected chi connectivity index (χ3v) is 3.63. The van der Waals surface area contributed by atoms with E-state index in [1.165, 1.54) is 22.4 Å². The molecular formula is C11H13FN4OS. The normalized spacial score (nSPS) is 12.7. The maximum absolute atomic E-state index is 13.7. The lowest BCUT2D eigenvalue weighted by atomic mass is 10.1. The summed E-state index contributed by atoms with van der Waals surface area (Å²) in [6, 6.07) is 4.30. The first-order valence-electron chi connectivity index (χ1n) is 5.34. The molecule has 0 bridgehead atoms. The highest BCUT2D eigenvalue weighted by Gasteiger charge is 2.15. The summed E-state index contributed by atoms with van der Waals surface area (Å²) in [7, 11) is 1.60. The topological polar surface area (TPSA) is 76.7 Å². The van der Waals surface area contributed by atoms with Crippen LogP contribution < -0.4 is 11.4 Å². The molecule has 0 saturated carbocycles. The Morgan fingerprint density at radius 3 is 2.83 bits per heavy atom. The van der Waals surface area contributed by atoms with Gasteiger partial charge in [0, 0.05) is 23.5 Å². The van der Waals surface area contributed by atoms with Gasteiger partial charge in [0.15, 0.2) is 5.16 Å². The standard InChI is InChI=1S/C11H13FN4OS/c1-6(13)9-7(12)4-3-5-8(9)18-11-15-14-10(17)16(11)2/h3-6H,13H2,1-2H3,(H,14,17)/t6-/m1/s1. The first kappa shape index (κ1) is 12.8. The summed E-state index contributed by atoms with van der Waals surface area (Å²) in [5.74, 6) is -0.351. The summed E-state index contributed by atoms with van der Waals surface area (Å²) in [5, 5.41) is 6.66. The average molecular weight is 268 g/mol. The van der Waals surface area contributed by atoms with Crippen molar-refractivity contribution in [1.29, 1.82) is 0 Å². The molecule has 0 spiro atoms. The summed E-state index contributed by atoms with van der Waals surface area (Å²) in [4.78, 5) is 11.9. The Bertz CT molecular complexity index is 620. The highest BCUT2D eigenvalue weighted by Crippen LogP contribution is 2.32. The summed E-state index contributed by atoms with van der Waals surface area (Å²) in [5.41, 5.74) is 5.88. The number of halogens is 1. The molecule has 2 rings (SSSR count). The number of nitrogens with zero attached hydrogens (tertiary/aromatic N) is 2. The Morgan fingerprint density at radius 1 is 1.56 bits per heavy atom. The lowest BCUT2D eigenvalue weighted by molar-refractivity contribution is 0.585. The van der Waals surface area contributed by atoms with E-state index in [9.17, 15) is 9.18 Å². The zero-order valence-electron chi connectivity index (χ0n) is 9.98. The van der Waals surface area contributed by atoms with Gasteiger partial charge >= 0.3 is 5.69 Å². The maximum Gasteiger partial charge on any atom is 0.343 e. The molecule has 1 aromatic carbocycles. The van der Waals surface area contributed by atoms with Crippen molar-refractivity contribution in [2.24, 2.45) is 12.8 Å². The second-order valence-electron chi connectivity index (χ2n) is 3.91. The lowest BCUT2D eigenvalue weighted by Gasteiger charge is -2.12. The molecule has 7 heteroatoms. The molecule has 1 atom stereocenters. The van der Waals surface area contributed by atoms with Gasteiger partial charge in [0.05, 0.1) is 0 Å². The van der Waals surface area contributed by atoms with Crippen LogP contribution in [0.15, 0.2) is 33.0 Å². The number of hydrogen-bond acceptors (Lipinski definition) is 4. The van der Waals surface area contributed by atoms with Crippen molar-refractivity contribution >= 4 is 11.8 Å². The van der Waals surface area contributed by atoms with Crippen molar-refractivity contribution in [3.05, 3.63) is 40.1 Å². The average Bonchev–Trinajstić information content (AvgIpc) is 2.60. The molecule has 0 aliphatic carbocycles. The molecule has 0 aliphatic heterocycles. The van der Waals surface area contributed by atoms with Crippen molar-refractivity contribution in [3.63, 3.8) is 0 Å². The van der Waals surface area contributed by atoms with Gasteiger partial charge in [-0.15, -0.1) is 5.10 Å². The second kappa shape index (κ2) is 4.95. The number of nitrogens with one attached hydrogen (secondary N) is 1. The van der Waals surface area contributed by atoms with Crippen molar-refractivity contribution < 1.29 is 4.39 Å². The predicted octanol–water partition coefficient (Wildman–Crippen LogP) is 1.42. The van der Waals surface area contributed by atoms with Gasteiger partial charge < -0.3 is 5.73 Å². The minimum atomic E-state index is -0.426. The smallest absolute Gasteiger partial charge is 0.324 e. The fourth-order valence-electron chi connectivity index (χ4n) is 1.57. The number of H-pyrrole nitrogens is 1. The third kappa shape index (κ3) is 2.32. The minimum absolute atomic E-state index is 0.309. The van der Waals surface area contributed by atoms with Crippen LogP contribution in [0.2, 0.25) is 0 Å².